The fourth-order valence-electron chi connectivity index (χ4n) is 4.12. The van der Waals surface area contributed by atoms with Gasteiger partial charge in [-0.15, -0.1) is 0 Å². The number of esters is 2. The van der Waals surface area contributed by atoms with E-state index in [1.54, 1.807) is 72.1 Å². The Bertz CT molecular complexity index is 1150. The number of hydrogen-bond donors (Lipinski definition) is 0. The first-order valence-corrected chi connectivity index (χ1v) is 13.5. The van der Waals surface area contributed by atoms with Gasteiger partial charge in [-0.05, 0) is 71.9 Å². The average Bonchev–Trinajstić information content (AvgIpc) is 2.88. The average molecular weight is 556 g/mol. The van der Waals surface area contributed by atoms with Crippen molar-refractivity contribution in [2.45, 2.75) is 59.2 Å². The molecule has 218 valence electrons. The van der Waals surface area contributed by atoms with Crippen LogP contribution in [0.1, 0.15) is 58.3 Å². The van der Waals surface area contributed by atoms with Crippen molar-refractivity contribution < 1.29 is 33.3 Å². The monoisotopic (exact) mass is 555 g/mol. The van der Waals surface area contributed by atoms with Crippen LogP contribution in [0.25, 0.3) is 0 Å². The third-order valence-corrected chi connectivity index (χ3v) is 5.85. The van der Waals surface area contributed by atoms with Crippen LogP contribution in [0.3, 0.4) is 0 Å². The SMILES string of the molecule is CC(C)(C)OC(=O)COc1ccc(C(=O)CCN2CCN(c3ccncc3)CC2)cc1OCC(=O)OC(C)(C)C. The highest BCUT2D eigenvalue weighted by Gasteiger charge is 2.22. The van der Waals surface area contributed by atoms with Gasteiger partial charge >= 0.3 is 11.9 Å². The Morgan fingerprint density at radius 3 is 1.88 bits per heavy atom. The van der Waals surface area contributed by atoms with Gasteiger partial charge in [0.05, 0.1) is 0 Å². The van der Waals surface area contributed by atoms with Crippen LogP contribution >= 0.6 is 0 Å². The molecule has 1 aromatic heterocycles. The van der Waals surface area contributed by atoms with E-state index in [-0.39, 0.29) is 30.5 Å². The first-order chi connectivity index (χ1) is 18.8. The summed E-state index contributed by atoms with van der Waals surface area (Å²) in [5.74, 6) is -0.773. The molecule has 1 aromatic carbocycles. The number of pyridine rings is 1. The summed E-state index contributed by atoms with van der Waals surface area (Å²) >= 11 is 0. The van der Waals surface area contributed by atoms with E-state index in [2.05, 4.69) is 14.8 Å². The molecule has 0 radical (unpaired) electrons. The van der Waals surface area contributed by atoms with Gasteiger partial charge in [0.25, 0.3) is 0 Å². The summed E-state index contributed by atoms with van der Waals surface area (Å²) in [5.41, 5.74) is 0.258. The van der Waals surface area contributed by atoms with Gasteiger partial charge in [0.2, 0.25) is 0 Å². The molecule has 0 amide bonds. The highest BCUT2D eigenvalue weighted by atomic mass is 16.6. The number of hydrogen-bond acceptors (Lipinski definition) is 10. The van der Waals surface area contributed by atoms with E-state index >= 15 is 0 Å². The second-order valence-electron chi connectivity index (χ2n) is 11.6. The Balaban J connectivity index is 1.61. The first kappa shape index (κ1) is 30.9. The second kappa shape index (κ2) is 13.6. The zero-order chi connectivity index (χ0) is 29.3. The largest absolute Gasteiger partial charge is 0.478 e. The third-order valence-electron chi connectivity index (χ3n) is 5.85. The highest BCUT2D eigenvalue weighted by Crippen LogP contribution is 2.29. The van der Waals surface area contributed by atoms with Gasteiger partial charge in [-0.25, -0.2) is 9.59 Å². The third kappa shape index (κ3) is 10.5. The minimum Gasteiger partial charge on any atom is -0.478 e. The number of piperazine rings is 1. The molecular formula is C30H41N3O7. The minimum atomic E-state index is -0.669. The number of rotatable bonds is 11. The molecule has 2 aromatic rings. The second-order valence-corrected chi connectivity index (χ2v) is 11.6. The number of benzene rings is 1. The Kier molecular flexibility index (Phi) is 10.5. The molecule has 0 N–H and O–H groups in total. The van der Waals surface area contributed by atoms with Crippen molar-refractivity contribution in [3.63, 3.8) is 0 Å². The smallest absolute Gasteiger partial charge is 0.344 e. The lowest BCUT2D eigenvalue weighted by atomic mass is 10.1. The molecule has 1 aliphatic heterocycles. The summed E-state index contributed by atoms with van der Waals surface area (Å²) in [5, 5.41) is 0. The van der Waals surface area contributed by atoms with Crippen LogP contribution in [-0.2, 0) is 19.1 Å². The van der Waals surface area contributed by atoms with Gasteiger partial charge in [-0.1, -0.05) is 0 Å². The van der Waals surface area contributed by atoms with Gasteiger partial charge in [0, 0.05) is 62.8 Å². The van der Waals surface area contributed by atoms with Gasteiger partial charge in [-0.2, -0.15) is 0 Å². The summed E-state index contributed by atoms with van der Waals surface area (Å²) in [7, 11) is 0. The Morgan fingerprint density at radius 1 is 0.775 bits per heavy atom. The summed E-state index contributed by atoms with van der Waals surface area (Å²) in [6.07, 6.45) is 3.91. The molecule has 0 unspecified atom stereocenters. The van der Waals surface area contributed by atoms with Gasteiger partial charge in [0.15, 0.2) is 30.5 Å². The van der Waals surface area contributed by atoms with Crippen LogP contribution in [0.2, 0.25) is 0 Å². The molecule has 0 spiro atoms. The lowest BCUT2D eigenvalue weighted by Gasteiger charge is -2.35. The van der Waals surface area contributed by atoms with Crippen molar-refractivity contribution in [1.82, 2.24) is 9.88 Å². The molecule has 10 heteroatoms. The molecule has 1 aliphatic rings. The fraction of sp³-hybridized carbons (Fsp3) is 0.533. The number of anilines is 1. The van der Waals surface area contributed by atoms with Crippen LogP contribution in [0.15, 0.2) is 42.7 Å². The van der Waals surface area contributed by atoms with Gasteiger partial charge < -0.3 is 23.8 Å². The summed E-state index contributed by atoms with van der Waals surface area (Å²) in [4.78, 5) is 46.1. The van der Waals surface area contributed by atoms with Crippen molar-refractivity contribution in [3.8, 4) is 11.5 Å². The molecule has 0 aliphatic carbocycles. The van der Waals surface area contributed by atoms with E-state index in [1.165, 1.54) is 0 Å². The lowest BCUT2D eigenvalue weighted by molar-refractivity contribution is -0.158. The molecule has 2 heterocycles. The number of nitrogens with zero attached hydrogens (tertiary/aromatic N) is 3. The van der Waals surface area contributed by atoms with E-state index in [1.807, 2.05) is 12.1 Å². The molecule has 3 rings (SSSR count). The quantitative estimate of drug-likeness (QED) is 0.299. The maximum Gasteiger partial charge on any atom is 0.344 e. The number of aromatic nitrogens is 1. The summed E-state index contributed by atoms with van der Waals surface area (Å²) in [6.45, 7) is 14.0. The molecule has 0 bridgehead atoms. The predicted molar refractivity (Wildman–Crippen MR) is 151 cm³/mol. The van der Waals surface area contributed by atoms with Crippen molar-refractivity contribution in [2.75, 3.05) is 50.8 Å². The standard InChI is InChI=1S/C30H41N3O7/c1-29(2,3)39-27(35)20-37-25-8-7-22(19-26(25)38-21-28(36)40-30(4,5)6)24(34)11-14-32-15-17-33(18-16-32)23-9-12-31-13-10-23/h7-10,12-13,19H,11,14-18,20-21H2,1-6H3. The van der Waals surface area contributed by atoms with Crippen LogP contribution < -0.4 is 14.4 Å². The van der Waals surface area contributed by atoms with Crippen molar-refractivity contribution in [1.29, 1.82) is 0 Å². The van der Waals surface area contributed by atoms with E-state index in [9.17, 15) is 14.4 Å². The zero-order valence-corrected chi connectivity index (χ0v) is 24.4. The van der Waals surface area contributed by atoms with E-state index in [0.717, 1.165) is 31.9 Å². The number of Topliss-reactive ketones (excluding diaryl/α,β-unsaturated/α-hetero) is 1. The maximum absolute atomic E-state index is 13.1. The van der Waals surface area contributed by atoms with Gasteiger partial charge in [-0.3, -0.25) is 14.7 Å². The fourth-order valence-corrected chi connectivity index (χ4v) is 4.12. The number of carbonyl (C=O) groups is 3. The Labute approximate surface area is 236 Å². The molecular weight excluding hydrogens is 514 g/mol. The van der Waals surface area contributed by atoms with Crippen molar-refractivity contribution >= 4 is 23.4 Å². The molecule has 40 heavy (non-hydrogen) atoms. The van der Waals surface area contributed by atoms with Crippen LogP contribution in [-0.4, -0.2) is 84.7 Å². The van der Waals surface area contributed by atoms with Crippen molar-refractivity contribution in [2.24, 2.45) is 0 Å². The zero-order valence-electron chi connectivity index (χ0n) is 24.4. The van der Waals surface area contributed by atoms with Crippen LogP contribution in [0.4, 0.5) is 5.69 Å². The molecule has 10 nitrogen and oxygen atoms in total. The minimum absolute atomic E-state index is 0.0580. The Hall–Kier alpha value is -3.66. The van der Waals surface area contributed by atoms with Crippen LogP contribution in [0, 0.1) is 0 Å². The molecule has 1 saturated heterocycles. The van der Waals surface area contributed by atoms with Crippen molar-refractivity contribution in [3.05, 3.63) is 48.3 Å². The first-order valence-electron chi connectivity index (χ1n) is 13.5. The maximum atomic E-state index is 13.1. The number of ketones is 1. The Morgan fingerprint density at radius 2 is 1.32 bits per heavy atom. The van der Waals surface area contributed by atoms with E-state index in [4.69, 9.17) is 18.9 Å². The van der Waals surface area contributed by atoms with E-state index in [0.29, 0.717) is 18.5 Å². The van der Waals surface area contributed by atoms with E-state index < -0.39 is 23.1 Å². The predicted octanol–water partition coefficient (Wildman–Crippen LogP) is 3.92. The summed E-state index contributed by atoms with van der Waals surface area (Å²) in [6, 6.07) is 8.74. The molecule has 0 atom stereocenters. The molecule has 0 saturated carbocycles. The van der Waals surface area contributed by atoms with Gasteiger partial charge in [0.1, 0.15) is 11.2 Å². The lowest BCUT2D eigenvalue weighted by Crippen LogP contribution is -2.46. The topological polar surface area (TPSA) is 108 Å². The van der Waals surface area contributed by atoms with Crippen LogP contribution in [0.5, 0.6) is 11.5 Å². The number of ether oxygens (including phenoxy) is 4. The normalized spacial score (nSPS) is 14.4. The highest BCUT2D eigenvalue weighted by molar-refractivity contribution is 5.96. The molecule has 1 fully saturated rings. The number of carbonyl (C=O) groups excluding carboxylic acids is 3. The summed E-state index contributed by atoms with van der Waals surface area (Å²) < 4.78 is 21.9.